The summed E-state index contributed by atoms with van der Waals surface area (Å²) in [6, 6.07) is 13.1. The van der Waals surface area contributed by atoms with Crippen molar-refractivity contribution in [2.45, 2.75) is 63.6 Å². The molecule has 3 N–H and O–H groups in total. The maximum Gasteiger partial charge on any atom is 0.397 e. The second kappa shape index (κ2) is 10.2. The Morgan fingerprint density at radius 1 is 1.05 bits per heavy atom. The summed E-state index contributed by atoms with van der Waals surface area (Å²) >= 11 is 0. The van der Waals surface area contributed by atoms with E-state index in [4.69, 9.17) is 10.7 Å². The lowest BCUT2D eigenvalue weighted by molar-refractivity contribution is -0.180. The molecule has 0 spiro atoms. The molecule has 0 unspecified atom stereocenters. The van der Waals surface area contributed by atoms with Crippen molar-refractivity contribution in [1.82, 2.24) is 19.3 Å². The van der Waals surface area contributed by atoms with Gasteiger partial charge >= 0.3 is 6.18 Å². The van der Waals surface area contributed by atoms with Crippen LogP contribution in [0.4, 0.5) is 19.0 Å². The Labute approximate surface area is 236 Å². The third-order valence-corrected chi connectivity index (χ3v) is 8.42. The Morgan fingerprint density at radius 3 is 2.39 bits per heavy atom. The van der Waals surface area contributed by atoms with Gasteiger partial charge in [-0.2, -0.15) is 13.2 Å². The molecule has 7 nitrogen and oxygen atoms in total. The number of benzene rings is 2. The molecule has 10 heteroatoms. The minimum absolute atomic E-state index is 0.0314. The first-order valence-electron chi connectivity index (χ1n) is 13.6. The standard InChI is InChI=1S/C31H34F3N5O2/c1-19(40)38-15-6-7-21(18-38)28-37-25(26-27(35)36-14-16-39(26)28)20-10-12-22(13-11-20)30(4,41)24-9-5-8-23(17-24)29(2,3)31(32,33)34/h5,8-14,16-17,21,41H,6-7,15,18H2,1-4H3,(H2,35,36)/t21-,30+/m1/s1. The van der Waals surface area contributed by atoms with Crippen molar-refractivity contribution in [3.8, 4) is 11.3 Å². The lowest BCUT2D eigenvalue weighted by atomic mass is 9.80. The number of nitrogens with zero attached hydrogens (tertiary/aromatic N) is 4. The number of carbonyl (C=O) groups excluding carboxylic acids is 1. The number of carbonyl (C=O) groups is 1. The van der Waals surface area contributed by atoms with Crippen LogP contribution < -0.4 is 5.73 Å². The molecule has 0 radical (unpaired) electrons. The van der Waals surface area contributed by atoms with Crippen LogP contribution in [0.1, 0.15) is 69.0 Å². The first-order chi connectivity index (χ1) is 19.2. The van der Waals surface area contributed by atoms with Crippen molar-refractivity contribution in [1.29, 1.82) is 0 Å². The van der Waals surface area contributed by atoms with Gasteiger partial charge in [0.15, 0.2) is 0 Å². The van der Waals surface area contributed by atoms with Crippen molar-refractivity contribution in [2.75, 3.05) is 18.8 Å². The molecule has 1 saturated heterocycles. The van der Waals surface area contributed by atoms with Gasteiger partial charge in [-0.05, 0) is 50.3 Å². The molecule has 2 atom stereocenters. The van der Waals surface area contributed by atoms with Crippen molar-refractivity contribution in [2.24, 2.45) is 0 Å². The van der Waals surface area contributed by atoms with Crippen LogP contribution >= 0.6 is 0 Å². The molecular formula is C31H34F3N5O2. The van der Waals surface area contributed by atoms with Crippen LogP contribution in [-0.4, -0.2) is 49.5 Å². The molecule has 41 heavy (non-hydrogen) atoms. The largest absolute Gasteiger partial charge is 0.397 e. The number of alkyl halides is 3. The van der Waals surface area contributed by atoms with Crippen LogP contribution in [-0.2, 0) is 15.8 Å². The van der Waals surface area contributed by atoms with Gasteiger partial charge in [0, 0.05) is 43.9 Å². The SMILES string of the molecule is CC(=O)N1CCC[C@@H](c2nc(-c3ccc([C@](C)(O)c4cccc(C(C)(C)C(F)(F)F)c4)cc3)c3c(N)nccn23)C1. The quantitative estimate of drug-likeness (QED) is 0.319. The second-order valence-electron chi connectivity index (χ2n) is 11.5. The molecule has 2 aromatic heterocycles. The lowest BCUT2D eigenvalue weighted by Gasteiger charge is -2.31. The van der Waals surface area contributed by atoms with Crippen LogP contribution in [0.2, 0.25) is 0 Å². The van der Waals surface area contributed by atoms with Crippen LogP contribution in [0.15, 0.2) is 60.9 Å². The van der Waals surface area contributed by atoms with E-state index in [1.54, 1.807) is 38.2 Å². The Hall–Kier alpha value is -3.92. The van der Waals surface area contributed by atoms with Crippen molar-refractivity contribution in [3.63, 3.8) is 0 Å². The third-order valence-electron chi connectivity index (χ3n) is 8.42. The smallest absolute Gasteiger partial charge is 0.382 e. The molecule has 1 aliphatic heterocycles. The maximum atomic E-state index is 13.7. The molecule has 0 saturated carbocycles. The first kappa shape index (κ1) is 28.6. The fourth-order valence-corrected chi connectivity index (χ4v) is 5.54. The number of hydrogen-bond donors (Lipinski definition) is 2. The number of halogens is 3. The number of nitrogens with two attached hydrogens (primary N) is 1. The zero-order valence-corrected chi connectivity index (χ0v) is 23.5. The Morgan fingerprint density at radius 2 is 1.73 bits per heavy atom. The van der Waals surface area contributed by atoms with Gasteiger partial charge in [-0.1, -0.05) is 48.5 Å². The molecule has 1 fully saturated rings. The number of anilines is 1. The molecule has 3 heterocycles. The van der Waals surface area contributed by atoms with Gasteiger partial charge in [0.05, 0.1) is 5.41 Å². The average molecular weight is 566 g/mol. The molecule has 1 aliphatic rings. The zero-order chi connectivity index (χ0) is 29.7. The van der Waals surface area contributed by atoms with E-state index in [9.17, 15) is 23.1 Å². The van der Waals surface area contributed by atoms with E-state index >= 15 is 0 Å². The van der Waals surface area contributed by atoms with Gasteiger partial charge in [-0.15, -0.1) is 0 Å². The molecule has 1 amide bonds. The topological polar surface area (TPSA) is 96.8 Å². The predicted molar refractivity (Wildman–Crippen MR) is 151 cm³/mol. The van der Waals surface area contributed by atoms with E-state index < -0.39 is 17.2 Å². The summed E-state index contributed by atoms with van der Waals surface area (Å²) in [6.45, 7) is 6.70. The van der Waals surface area contributed by atoms with Gasteiger partial charge in [0.2, 0.25) is 5.91 Å². The minimum atomic E-state index is -4.44. The molecular weight excluding hydrogens is 531 g/mol. The first-order valence-corrected chi connectivity index (χ1v) is 13.6. The highest BCUT2D eigenvalue weighted by Crippen LogP contribution is 2.42. The maximum absolute atomic E-state index is 13.7. The van der Waals surface area contributed by atoms with Crippen molar-refractivity contribution < 1.29 is 23.1 Å². The minimum Gasteiger partial charge on any atom is -0.382 e. The highest BCUT2D eigenvalue weighted by molar-refractivity contribution is 5.85. The van der Waals surface area contributed by atoms with E-state index in [1.807, 2.05) is 27.6 Å². The number of imidazole rings is 1. The summed E-state index contributed by atoms with van der Waals surface area (Å²) in [5.74, 6) is 1.19. The van der Waals surface area contributed by atoms with Crippen molar-refractivity contribution >= 4 is 17.2 Å². The number of hydrogen-bond acceptors (Lipinski definition) is 5. The zero-order valence-electron chi connectivity index (χ0n) is 23.5. The van der Waals surface area contributed by atoms with E-state index in [0.29, 0.717) is 34.7 Å². The van der Waals surface area contributed by atoms with Gasteiger partial charge in [-0.25, -0.2) is 9.97 Å². The normalized spacial score (nSPS) is 18.0. The van der Waals surface area contributed by atoms with Crippen LogP contribution in [0, 0.1) is 0 Å². The lowest BCUT2D eigenvalue weighted by Crippen LogP contribution is -2.38. The van der Waals surface area contributed by atoms with Gasteiger partial charge in [-0.3, -0.25) is 9.20 Å². The van der Waals surface area contributed by atoms with E-state index in [0.717, 1.165) is 44.6 Å². The van der Waals surface area contributed by atoms with E-state index in [-0.39, 0.29) is 17.4 Å². The highest BCUT2D eigenvalue weighted by atomic mass is 19.4. The molecule has 0 aliphatic carbocycles. The van der Waals surface area contributed by atoms with Gasteiger partial charge in [0.1, 0.15) is 28.5 Å². The molecule has 2 aromatic carbocycles. The van der Waals surface area contributed by atoms with Crippen LogP contribution in [0.3, 0.4) is 0 Å². The highest BCUT2D eigenvalue weighted by Gasteiger charge is 2.48. The average Bonchev–Trinajstić information content (AvgIpc) is 3.34. The van der Waals surface area contributed by atoms with Crippen molar-refractivity contribution in [3.05, 3.63) is 83.4 Å². The fraction of sp³-hybridized carbons (Fsp3) is 0.387. The Bertz CT molecular complexity index is 1590. The number of fused-ring (bicyclic) bond motifs is 1. The predicted octanol–water partition coefficient (Wildman–Crippen LogP) is 5.80. The Balaban J connectivity index is 1.51. The molecule has 216 valence electrons. The number of nitrogen functional groups attached to an aromatic ring is 1. The summed E-state index contributed by atoms with van der Waals surface area (Å²) in [6.07, 6.45) is 0.761. The summed E-state index contributed by atoms with van der Waals surface area (Å²) in [5.41, 5.74) is 5.68. The summed E-state index contributed by atoms with van der Waals surface area (Å²) in [7, 11) is 0. The number of likely N-dealkylation sites (tertiary alicyclic amines) is 1. The van der Waals surface area contributed by atoms with E-state index in [1.165, 1.54) is 18.2 Å². The number of amides is 1. The van der Waals surface area contributed by atoms with E-state index in [2.05, 4.69) is 4.98 Å². The van der Waals surface area contributed by atoms with Gasteiger partial charge < -0.3 is 15.7 Å². The third kappa shape index (κ3) is 5.05. The Kier molecular flexibility index (Phi) is 7.09. The molecule has 0 bridgehead atoms. The summed E-state index contributed by atoms with van der Waals surface area (Å²) in [4.78, 5) is 23.1. The summed E-state index contributed by atoms with van der Waals surface area (Å²) < 4.78 is 43.0. The second-order valence-corrected chi connectivity index (χ2v) is 11.5. The monoisotopic (exact) mass is 565 g/mol. The number of rotatable bonds is 5. The molecule has 5 rings (SSSR count). The van der Waals surface area contributed by atoms with Crippen LogP contribution in [0.25, 0.3) is 16.8 Å². The number of piperidine rings is 1. The number of aliphatic hydroxyl groups is 1. The fourth-order valence-electron chi connectivity index (χ4n) is 5.54. The molecule has 4 aromatic rings. The van der Waals surface area contributed by atoms with Crippen LogP contribution in [0.5, 0.6) is 0 Å². The number of aromatic nitrogens is 3. The van der Waals surface area contributed by atoms with Gasteiger partial charge in [0.25, 0.3) is 0 Å². The summed E-state index contributed by atoms with van der Waals surface area (Å²) in [5, 5.41) is 11.5.